The Bertz CT molecular complexity index is 702. The van der Waals surface area contributed by atoms with Crippen LogP contribution in [0.25, 0.3) is 0 Å². The van der Waals surface area contributed by atoms with Gasteiger partial charge in [0.1, 0.15) is 5.82 Å². The van der Waals surface area contributed by atoms with Gasteiger partial charge >= 0.3 is 0 Å². The standard InChI is InChI=1S/C14H15FN2O2S/c15-13-6-1-2-7-14(13)17-20(18,19)10-12-5-3-4-11(8-12)9-16/h1-8,17H,9-10,16H2. The summed E-state index contributed by atoms with van der Waals surface area (Å²) in [5.74, 6) is -0.832. The van der Waals surface area contributed by atoms with Crippen molar-refractivity contribution in [1.82, 2.24) is 0 Å². The maximum atomic E-state index is 13.4. The summed E-state index contributed by atoms with van der Waals surface area (Å²) >= 11 is 0. The van der Waals surface area contributed by atoms with Gasteiger partial charge < -0.3 is 5.73 Å². The third kappa shape index (κ3) is 3.79. The summed E-state index contributed by atoms with van der Waals surface area (Å²) in [5.41, 5.74) is 6.92. The first-order chi connectivity index (χ1) is 9.50. The molecular weight excluding hydrogens is 279 g/mol. The summed E-state index contributed by atoms with van der Waals surface area (Å²) in [6, 6.07) is 12.6. The van der Waals surface area contributed by atoms with E-state index in [1.807, 2.05) is 6.07 Å². The molecule has 2 aromatic carbocycles. The summed E-state index contributed by atoms with van der Waals surface area (Å²) in [5, 5.41) is 0. The number of para-hydroxylation sites is 1. The van der Waals surface area contributed by atoms with Gasteiger partial charge in [-0.1, -0.05) is 36.4 Å². The average Bonchev–Trinajstić information content (AvgIpc) is 2.41. The fraction of sp³-hybridized carbons (Fsp3) is 0.143. The van der Waals surface area contributed by atoms with Crippen LogP contribution in [0.2, 0.25) is 0 Å². The lowest BCUT2D eigenvalue weighted by Gasteiger charge is -2.09. The van der Waals surface area contributed by atoms with Crippen molar-refractivity contribution in [2.45, 2.75) is 12.3 Å². The molecule has 0 aliphatic heterocycles. The molecule has 4 nitrogen and oxygen atoms in total. The summed E-state index contributed by atoms with van der Waals surface area (Å²) in [7, 11) is -3.67. The molecule has 0 saturated heterocycles. The van der Waals surface area contributed by atoms with Gasteiger partial charge in [0.2, 0.25) is 10.0 Å². The molecule has 0 spiro atoms. The van der Waals surface area contributed by atoms with Crippen molar-refractivity contribution in [3.63, 3.8) is 0 Å². The zero-order valence-corrected chi connectivity index (χ0v) is 11.5. The predicted octanol–water partition coefficient (Wildman–Crippen LogP) is 2.23. The number of halogens is 1. The normalized spacial score (nSPS) is 11.3. The van der Waals surface area contributed by atoms with Crippen molar-refractivity contribution in [3.8, 4) is 0 Å². The van der Waals surface area contributed by atoms with E-state index in [0.29, 0.717) is 12.1 Å². The number of hydrogen-bond acceptors (Lipinski definition) is 3. The van der Waals surface area contributed by atoms with E-state index in [9.17, 15) is 12.8 Å². The van der Waals surface area contributed by atoms with Crippen LogP contribution >= 0.6 is 0 Å². The van der Waals surface area contributed by atoms with E-state index in [2.05, 4.69) is 4.72 Å². The molecular formula is C14H15FN2O2S. The van der Waals surface area contributed by atoms with Gasteiger partial charge in [-0.25, -0.2) is 12.8 Å². The van der Waals surface area contributed by atoms with E-state index in [4.69, 9.17) is 5.73 Å². The van der Waals surface area contributed by atoms with Crippen molar-refractivity contribution in [2.75, 3.05) is 4.72 Å². The van der Waals surface area contributed by atoms with Gasteiger partial charge in [-0.15, -0.1) is 0 Å². The summed E-state index contributed by atoms with van der Waals surface area (Å²) in [6.07, 6.45) is 0. The smallest absolute Gasteiger partial charge is 0.237 e. The van der Waals surface area contributed by atoms with E-state index in [0.717, 1.165) is 5.56 Å². The van der Waals surface area contributed by atoms with Gasteiger partial charge in [0, 0.05) is 6.54 Å². The van der Waals surface area contributed by atoms with Crippen molar-refractivity contribution in [2.24, 2.45) is 5.73 Å². The number of nitrogens with two attached hydrogens (primary N) is 1. The van der Waals surface area contributed by atoms with Crippen LogP contribution < -0.4 is 10.5 Å². The van der Waals surface area contributed by atoms with Crippen LogP contribution in [-0.2, 0) is 22.3 Å². The highest BCUT2D eigenvalue weighted by Gasteiger charge is 2.14. The Balaban J connectivity index is 2.17. The first kappa shape index (κ1) is 14.5. The Morgan fingerprint density at radius 2 is 1.75 bits per heavy atom. The van der Waals surface area contributed by atoms with E-state index in [-0.39, 0.29) is 11.4 Å². The van der Waals surface area contributed by atoms with Crippen LogP contribution in [0.3, 0.4) is 0 Å². The summed E-state index contributed by atoms with van der Waals surface area (Å²) in [6.45, 7) is 0.342. The fourth-order valence-corrected chi connectivity index (χ4v) is 3.00. The average molecular weight is 294 g/mol. The second-order valence-electron chi connectivity index (χ2n) is 4.37. The molecule has 2 rings (SSSR count). The molecule has 0 atom stereocenters. The Morgan fingerprint density at radius 3 is 2.45 bits per heavy atom. The summed E-state index contributed by atoms with van der Waals surface area (Å²) in [4.78, 5) is 0. The molecule has 20 heavy (non-hydrogen) atoms. The molecule has 6 heteroatoms. The Kier molecular flexibility index (Phi) is 4.36. The topological polar surface area (TPSA) is 72.2 Å². The van der Waals surface area contributed by atoms with Gasteiger partial charge in [-0.3, -0.25) is 4.72 Å². The zero-order valence-electron chi connectivity index (χ0n) is 10.7. The maximum absolute atomic E-state index is 13.4. The van der Waals surface area contributed by atoms with E-state index >= 15 is 0 Å². The van der Waals surface area contributed by atoms with Gasteiger partial charge in [-0.05, 0) is 23.3 Å². The lowest BCUT2D eigenvalue weighted by atomic mass is 10.1. The molecule has 0 heterocycles. The van der Waals surface area contributed by atoms with Crippen LogP contribution in [0.5, 0.6) is 0 Å². The molecule has 0 unspecified atom stereocenters. The van der Waals surface area contributed by atoms with E-state index in [1.54, 1.807) is 24.3 Å². The van der Waals surface area contributed by atoms with Crippen LogP contribution in [-0.4, -0.2) is 8.42 Å². The van der Waals surface area contributed by atoms with Crippen molar-refractivity contribution in [1.29, 1.82) is 0 Å². The van der Waals surface area contributed by atoms with Crippen LogP contribution in [0.1, 0.15) is 11.1 Å². The van der Waals surface area contributed by atoms with Crippen molar-refractivity contribution < 1.29 is 12.8 Å². The minimum Gasteiger partial charge on any atom is -0.326 e. The molecule has 0 aliphatic rings. The Labute approximate surface area is 117 Å². The van der Waals surface area contributed by atoms with Gasteiger partial charge in [-0.2, -0.15) is 0 Å². The highest BCUT2D eigenvalue weighted by Crippen LogP contribution is 2.16. The Hall–Kier alpha value is -1.92. The molecule has 2 aromatic rings. The number of rotatable bonds is 5. The Morgan fingerprint density at radius 1 is 1.05 bits per heavy atom. The minimum absolute atomic E-state index is 0.0533. The summed E-state index contributed by atoms with van der Waals surface area (Å²) < 4.78 is 39.7. The monoisotopic (exact) mass is 294 g/mol. The van der Waals surface area contributed by atoms with Gasteiger partial charge in [0.15, 0.2) is 0 Å². The second kappa shape index (κ2) is 6.02. The fourth-order valence-electron chi connectivity index (χ4n) is 1.81. The highest BCUT2D eigenvalue weighted by molar-refractivity contribution is 7.91. The van der Waals surface area contributed by atoms with Crippen LogP contribution in [0, 0.1) is 5.82 Å². The number of benzene rings is 2. The molecule has 3 N–H and O–H groups in total. The number of sulfonamides is 1. The second-order valence-corrected chi connectivity index (χ2v) is 6.09. The van der Waals surface area contributed by atoms with Crippen LogP contribution in [0.4, 0.5) is 10.1 Å². The number of nitrogens with one attached hydrogen (secondary N) is 1. The maximum Gasteiger partial charge on any atom is 0.237 e. The predicted molar refractivity (Wildman–Crippen MR) is 77.0 cm³/mol. The van der Waals surface area contributed by atoms with Crippen molar-refractivity contribution in [3.05, 3.63) is 65.5 Å². The van der Waals surface area contributed by atoms with E-state index < -0.39 is 15.8 Å². The third-order valence-electron chi connectivity index (χ3n) is 2.72. The zero-order chi connectivity index (χ0) is 14.6. The lowest BCUT2D eigenvalue weighted by Crippen LogP contribution is -2.16. The molecule has 106 valence electrons. The largest absolute Gasteiger partial charge is 0.326 e. The number of anilines is 1. The first-order valence-electron chi connectivity index (χ1n) is 6.03. The molecule has 0 amide bonds. The molecule has 0 radical (unpaired) electrons. The molecule has 0 bridgehead atoms. The molecule has 0 fully saturated rings. The van der Waals surface area contributed by atoms with Gasteiger partial charge in [0.05, 0.1) is 11.4 Å². The van der Waals surface area contributed by atoms with Gasteiger partial charge in [0.25, 0.3) is 0 Å². The number of hydrogen-bond donors (Lipinski definition) is 2. The molecule has 0 aromatic heterocycles. The molecule has 0 saturated carbocycles. The van der Waals surface area contributed by atoms with Crippen LogP contribution in [0.15, 0.2) is 48.5 Å². The lowest BCUT2D eigenvalue weighted by molar-refractivity contribution is 0.598. The minimum atomic E-state index is -3.67. The quantitative estimate of drug-likeness (QED) is 0.888. The third-order valence-corrected chi connectivity index (χ3v) is 3.97. The van der Waals surface area contributed by atoms with E-state index in [1.165, 1.54) is 18.2 Å². The van der Waals surface area contributed by atoms with Crippen molar-refractivity contribution >= 4 is 15.7 Å². The highest BCUT2D eigenvalue weighted by atomic mass is 32.2. The SMILES string of the molecule is NCc1cccc(CS(=O)(=O)Nc2ccccc2F)c1. The molecule has 0 aliphatic carbocycles. The first-order valence-corrected chi connectivity index (χ1v) is 7.68.